The second-order valence-corrected chi connectivity index (χ2v) is 6.70. The molecule has 0 bridgehead atoms. The third-order valence-electron chi connectivity index (χ3n) is 3.64. The van der Waals surface area contributed by atoms with Gasteiger partial charge < -0.3 is 5.32 Å². The average molecular weight is 276 g/mol. The number of nitrogens with one attached hydrogen (secondary N) is 1. The van der Waals surface area contributed by atoms with Gasteiger partial charge in [0.2, 0.25) is 0 Å². The maximum Gasteiger partial charge on any atom is 0.152 e. The molecule has 0 aliphatic heterocycles. The van der Waals surface area contributed by atoms with E-state index in [1.165, 1.54) is 25.0 Å². The molecule has 2 aromatic rings. The lowest BCUT2D eigenvalue weighted by atomic mass is 10.2. The van der Waals surface area contributed by atoms with E-state index in [-0.39, 0.29) is 0 Å². The zero-order chi connectivity index (χ0) is 13.2. The van der Waals surface area contributed by atoms with E-state index < -0.39 is 0 Å². The zero-order valence-electron chi connectivity index (χ0n) is 11.5. The monoisotopic (exact) mass is 276 g/mol. The van der Waals surface area contributed by atoms with Crippen LogP contribution in [0.2, 0.25) is 0 Å². The summed E-state index contributed by atoms with van der Waals surface area (Å²) in [6, 6.07) is 2.64. The van der Waals surface area contributed by atoms with Crippen LogP contribution < -0.4 is 5.32 Å². The lowest BCUT2D eigenvalue weighted by molar-refractivity contribution is 0.751. The van der Waals surface area contributed by atoms with Crippen molar-refractivity contribution >= 4 is 23.1 Å². The Bertz CT molecular complexity index is 566. The van der Waals surface area contributed by atoms with Gasteiger partial charge in [0, 0.05) is 23.7 Å². The van der Waals surface area contributed by atoms with Gasteiger partial charge in [0.15, 0.2) is 5.82 Å². The number of hydrogen-bond acceptors (Lipinski definition) is 4. The number of hydrogen-bond donors (Lipinski definition) is 1. The van der Waals surface area contributed by atoms with Gasteiger partial charge in [0.05, 0.1) is 5.69 Å². The first-order chi connectivity index (χ1) is 9.26. The molecular formula is C14H20N4S. The van der Waals surface area contributed by atoms with Crippen LogP contribution in [0.4, 0.5) is 5.82 Å². The van der Waals surface area contributed by atoms with Gasteiger partial charge in [-0.25, -0.2) is 9.50 Å². The molecule has 1 N–H and O–H groups in total. The Balaban J connectivity index is 1.75. The lowest BCUT2D eigenvalue weighted by Crippen LogP contribution is -2.17. The standard InChI is InChI=1S/C14H20N4S/c1-3-19-12-5-4-11(9-12)16-14-13-8-10(2)17-18(13)7-6-15-14/h6-8,11-12H,3-5,9H2,1-2H3,(H,15,16). The van der Waals surface area contributed by atoms with Crippen LogP contribution >= 0.6 is 11.8 Å². The van der Waals surface area contributed by atoms with Gasteiger partial charge in [0.1, 0.15) is 5.52 Å². The van der Waals surface area contributed by atoms with Gasteiger partial charge in [-0.15, -0.1) is 0 Å². The van der Waals surface area contributed by atoms with Gasteiger partial charge >= 0.3 is 0 Å². The Kier molecular flexibility index (Phi) is 3.64. The average Bonchev–Trinajstić information content (AvgIpc) is 2.96. The largest absolute Gasteiger partial charge is 0.366 e. The molecule has 2 atom stereocenters. The molecule has 5 heteroatoms. The molecule has 1 saturated carbocycles. The predicted octanol–water partition coefficient (Wildman–Crippen LogP) is 3.12. The molecule has 1 fully saturated rings. The van der Waals surface area contributed by atoms with E-state index in [1.807, 2.05) is 23.8 Å². The summed E-state index contributed by atoms with van der Waals surface area (Å²) in [6.07, 6.45) is 7.52. The molecule has 2 heterocycles. The van der Waals surface area contributed by atoms with E-state index in [1.54, 1.807) is 0 Å². The second kappa shape index (κ2) is 5.41. The normalized spacial score (nSPS) is 23.1. The molecule has 2 aromatic heterocycles. The zero-order valence-corrected chi connectivity index (χ0v) is 12.3. The molecule has 1 aliphatic carbocycles. The topological polar surface area (TPSA) is 42.2 Å². The summed E-state index contributed by atoms with van der Waals surface area (Å²) in [7, 11) is 0. The summed E-state index contributed by atoms with van der Waals surface area (Å²) in [4.78, 5) is 4.48. The number of nitrogens with zero attached hydrogens (tertiary/aromatic N) is 3. The van der Waals surface area contributed by atoms with Crippen molar-refractivity contribution in [1.29, 1.82) is 0 Å². The lowest BCUT2D eigenvalue weighted by Gasteiger charge is -2.14. The number of aromatic nitrogens is 3. The molecule has 0 radical (unpaired) electrons. The first-order valence-corrected chi connectivity index (χ1v) is 8.00. The van der Waals surface area contributed by atoms with Gasteiger partial charge in [-0.1, -0.05) is 6.92 Å². The maximum absolute atomic E-state index is 4.48. The molecule has 102 valence electrons. The summed E-state index contributed by atoms with van der Waals surface area (Å²) < 4.78 is 1.90. The SMILES string of the molecule is CCSC1CCC(Nc2nccn3nc(C)cc23)C1. The minimum Gasteiger partial charge on any atom is -0.366 e. The molecule has 0 saturated heterocycles. The molecule has 3 rings (SSSR count). The smallest absolute Gasteiger partial charge is 0.152 e. The van der Waals surface area contributed by atoms with Crippen molar-refractivity contribution < 1.29 is 0 Å². The van der Waals surface area contributed by atoms with Gasteiger partial charge in [-0.3, -0.25) is 0 Å². The van der Waals surface area contributed by atoms with Crippen molar-refractivity contribution in [2.45, 2.75) is 44.4 Å². The van der Waals surface area contributed by atoms with E-state index in [9.17, 15) is 0 Å². The van der Waals surface area contributed by atoms with Gasteiger partial charge in [-0.05, 0) is 38.0 Å². The number of fused-ring (bicyclic) bond motifs is 1. The van der Waals surface area contributed by atoms with Crippen molar-refractivity contribution in [2.24, 2.45) is 0 Å². The Morgan fingerprint density at radius 2 is 2.37 bits per heavy atom. The van der Waals surface area contributed by atoms with Crippen LogP contribution in [0.3, 0.4) is 0 Å². The van der Waals surface area contributed by atoms with Crippen LogP contribution in [0.1, 0.15) is 31.9 Å². The summed E-state index contributed by atoms with van der Waals surface area (Å²) in [5, 5.41) is 8.84. The van der Waals surface area contributed by atoms with Crippen LogP contribution in [-0.2, 0) is 0 Å². The Morgan fingerprint density at radius 1 is 1.47 bits per heavy atom. The molecule has 1 aliphatic rings. The van der Waals surface area contributed by atoms with Gasteiger partial charge in [0.25, 0.3) is 0 Å². The highest BCUT2D eigenvalue weighted by molar-refractivity contribution is 7.99. The summed E-state index contributed by atoms with van der Waals surface area (Å²) in [5.41, 5.74) is 2.11. The molecule has 2 unspecified atom stereocenters. The van der Waals surface area contributed by atoms with E-state index in [2.05, 4.69) is 40.2 Å². The van der Waals surface area contributed by atoms with Crippen LogP contribution in [0, 0.1) is 6.92 Å². The quantitative estimate of drug-likeness (QED) is 0.931. The highest BCUT2D eigenvalue weighted by Gasteiger charge is 2.25. The van der Waals surface area contributed by atoms with Crippen molar-refractivity contribution in [3.05, 3.63) is 24.2 Å². The minimum absolute atomic E-state index is 0.554. The summed E-state index contributed by atoms with van der Waals surface area (Å²) in [6.45, 7) is 4.25. The molecule has 0 aromatic carbocycles. The molecule has 4 nitrogen and oxygen atoms in total. The number of aryl methyl sites for hydroxylation is 1. The first-order valence-electron chi connectivity index (χ1n) is 6.95. The molecule has 19 heavy (non-hydrogen) atoms. The number of rotatable bonds is 4. The Hall–Kier alpha value is -1.23. The van der Waals surface area contributed by atoms with Crippen molar-refractivity contribution in [3.8, 4) is 0 Å². The Labute approximate surface area is 118 Å². The van der Waals surface area contributed by atoms with Crippen LogP contribution in [0.5, 0.6) is 0 Å². The van der Waals surface area contributed by atoms with Gasteiger partial charge in [-0.2, -0.15) is 16.9 Å². The van der Waals surface area contributed by atoms with Crippen molar-refractivity contribution in [1.82, 2.24) is 14.6 Å². The van der Waals surface area contributed by atoms with E-state index >= 15 is 0 Å². The first kappa shape index (κ1) is 12.8. The third-order valence-corrected chi connectivity index (χ3v) is 4.87. The summed E-state index contributed by atoms with van der Waals surface area (Å²) >= 11 is 2.08. The molecule has 0 spiro atoms. The highest BCUT2D eigenvalue weighted by Crippen LogP contribution is 2.31. The third kappa shape index (κ3) is 2.71. The fraction of sp³-hybridized carbons (Fsp3) is 0.571. The van der Waals surface area contributed by atoms with E-state index in [4.69, 9.17) is 0 Å². The second-order valence-electron chi connectivity index (χ2n) is 5.12. The maximum atomic E-state index is 4.48. The highest BCUT2D eigenvalue weighted by atomic mass is 32.2. The van der Waals surface area contributed by atoms with E-state index in [0.717, 1.165) is 22.3 Å². The number of anilines is 1. The van der Waals surface area contributed by atoms with Crippen molar-refractivity contribution in [3.63, 3.8) is 0 Å². The van der Waals surface area contributed by atoms with Crippen LogP contribution in [-0.4, -0.2) is 31.6 Å². The molecular weight excluding hydrogens is 256 g/mol. The Morgan fingerprint density at radius 3 is 3.21 bits per heavy atom. The van der Waals surface area contributed by atoms with E-state index in [0.29, 0.717) is 6.04 Å². The molecule has 0 amide bonds. The fourth-order valence-corrected chi connectivity index (χ4v) is 3.95. The summed E-state index contributed by atoms with van der Waals surface area (Å²) in [5.74, 6) is 2.18. The van der Waals surface area contributed by atoms with Crippen molar-refractivity contribution in [2.75, 3.05) is 11.1 Å². The van der Waals surface area contributed by atoms with Crippen LogP contribution in [0.25, 0.3) is 5.52 Å². The fourth-order valence-electron chi connectivity index (χ4n) is 2.81. The minimum atomic E-state index is 0.554. The number of thioether (sulfide) groups is 1. The van der Waals surface area contributed by atoms with Crippen LogP contribution in [0.15, 0.2) is 18.5 Å². The predicted molar refractivity (Wildman–Crippen MR) is 80.9 cm³/mol.